The second-order valence-corrected chi connectivity index (χ2v) is 5.68. The minimum atomic E-state index is 0.349. The van der Waals surface area contributed by atoms with Crippen LogP contribution in [0.5, 0.6) is 11.5 Å². The maximum Gasteiger partial charge on any atom is 0.231 e. The zero-order valence-electron chi connectivity index (χ0n) is 12.2. The highest BCUT2D eigenvalue weighted by Gasteiger charge is 2.18. The first-order chi connectivity index (χ1) is 9.85. The third kappa shape index (κ3) is 3.25. The van der Waals surface area contributed by atoms with Crippen molar-refractivity contribution in [3.05, 3.63) is 23.8 Å². The van der Waals surface area contributed by atoms with Crippen molar-refractivity contribution in [2.75, 3.05) is 26.4 Å². The van der Waals surface area contributed by atoms with Crippen molar-refractivity contribution in [1.29, 1.82) is 0 Å². The standard InChI is InChI=1S/C16H24N2O2/c1-2-7-18-8-5-14(6-9-18)17-11-13-3-4-15-16(10-13)20-12-19-15/h3-4,10,14,17H,2,5-9,11-12H2,1H3. The summed E-state index contributed by atoms with van der Waals surface area (Å²) >= 11 is 0. The van der Waals surface area contributed by atoms with Gasteiger partial charge in [0.05, 0.1) is 0 Å². The summed E-state index contributed by atoms with van der Waals surface area (Å²) in [6, 6.07) is 6.85. The van der Waals surface area contributed by atoms with Crippen LogP contribution in [-0.4, -0.2) is 37.4 Å². The number of nitrogens with zero attached hydrogens (tertiary/aromatic N) is 1. The van der Waals surface area contributed by atoms with Crippen LogP contribution in [0.3, 0.4) is 0 Å². The Labute approximate surface area is 121 Å². The Balaban J connectivity index is 1.46. The lowest BCUT2D eigenvalue weighted by molar-refractivity contribution is 0.174. The number of rotatable bonds is 5. The molecule has 0 bridgehead atoms. The first kappa shape index (κ1) is 13.7. The summed E-state index contributed by atoms with van der Waals surface area (Å²) in [5.41, 5.74) is 1.27. The number of benzene rings is 1. The van der Waals surface area contributed by atoms with Crippen molar-refractivity contribution in [2.24, 2.45) is 0 Å². The van der Waals surface area contributed by atoms with Gasteiger partial charge < -0.3 is 19.7 Å². The zero-order valence-corrected chi connectivity index (χ0v) is 12.2. The summed E-state index contributed by atoms with van der Waals surface area (Å²) < 4.78 is 10.7. The summed E-state index contributed by atoms with van der Waals surface area (Å²) in [6.45, 7) is 7.22. The Kier molecular flexibility index (Phi) is 4.43. The molecule has 0 aromatic heterocycles. The molecule has 2 heterocycles. The van der Waals surface area contributed by atoms with Crippen LogP contribution in [0.2, 0.25) is 0 Å². The topological polar surface area (TPSA) is 33.7 Å². The van der Waals surface area contributed by atoms with E-state index < -0.39 is 0 Å². The van der Waals surface area contributed by atoms with Gasteiger partial charge in [-0.05, 0) is 56.6 Å². The smallest absolute Gasteiger partial charge is 0.231 e. The van der Waals surface area contributed by atoms with E-state index in [1.807, 2.05) is 6.07 Å². The summed E-state index contributed by atoms with van der Waals surface area (Å²) in [5.74, 6) is 1.74. The molecule has 4 heteroatoms. The van der Waals surface area contributed by atoms with Gasteiger partial charge in [0.15, 0.2) is 11.5 Å². The molecule has 1 aromatic carbocycles. The van der Waals surface area contributed by atoms with Crippen molar-refractivity contribution < 1.29 is 9.47 Å². The largest absolute Gasteiger partial charge is 0.454 e. The lowest BCUT2D eigenvalue weighted by Gasteiger charge is -2.32. The Bertz CT molecular complexity index is 442. The van der Waals surface area contributed by atoms with Gasteiger partial charge in [-0.1, -0.05) is 13.0 Å². The van der Waals surface area contributed by atoms with Gasteiger partial charge in [0.25, 0.3) is 0 Å². The molecule has 0 saturated carbocycles. The number of hydrogen-bond donors (Lipinski definition) is 1. The van der Waals surface area contributed by atoms with Gasteiger partial charge in [0.1, 0.15) is 0 Å². The molecule has 1 N–H and O–H groups in total. The third-order valence-electron chi connectivity index (χ3n) is 4.16. The number of ether oxygens (including phenoxy) is 2. The van der Waals surface area contributed by atoms with E-state index >= 15 is 0 Å². The van der Waals surface area contributed by atoms with E-state index in [4.69, 9.17) is 9.47 Å². The predicted molar refractivity (Wildman–Crippen MR) is 79.2 cm³/mol. The van der Waals surface area contributed by atoms with E-state index in [0.29, 0.717) is 12.8 Å². The number of fused-ring (bicyclic) bond motifs is 1. The Morgan fingerprint density at radius 3 is 2.80 bits per heavy atom. The second kappa shape index (κ2) is 6.46. The van der Waals surface area contributed by atoms with Gasteiger partial charge in [-0.25, -0.2) is 0 Å². The Hall–Kier alpha value is -1.26. The van der Waals surface area contributed by atoms with Gasteiger partial charge in [-0.2, -0.15) is 0 Å². The van der Waals surface area contributed by atoms with Crippen LogP contribution >= 0.6 is 0 Å². The minimum Gasteiger partial charge on any atom is -0.454 e. The summed E-state index contributed by atoms with van der Waals surface area (Å²) in [4.78, 5) is 2.57. The van der Waals surface area contributed by atoms with Gasteiger partial charge >= 0.3 is 0 Å². The van der Waals surface area contributed by atoms with Crippen molar-refractivity contribution in [1.82, 2.24) is 10.2 Å². The molecule has 0 unspecified atom stereocenters. The van der Waals surface area contributed by atoms with E-state index in [2.05, 4.69) is 29.3 Å². The van der Waals surface area contributed by atoms with E-state index in [1.54, 1.807) is 0 Å². The maximum atomic E-state index is 5.42. The van der Waals surface area contributed by atoms with Crippen molar-refractivity contribution >= 4 is 0 Å². The van der Waals surface area contributed by atoms with Crippen LogP contribution in [-0.2, 0) is 6.54 Å². The molecule has 2 aliphatic heterocycles. The van der Waals surface area contributed by atoms with Crippen molar-refractivity contribution in [3.63, 3.8) is 0 Å². The van der Waals surface area contributed by atoms with E-state index in [1.165, 1.54) is 44.5 Å². The molecule has 20 heavy (non-hydrogen) atoms. The fraction of sp³-hybridized carbons (Fsp3) is 0.625. The van der Waals surface area contributed by atoms with Crippen molar-refractivity contribution in [3.8, 4) is 11.5 Å². The first-order valence-corrected chi connectivity index (χ1v) is 7.69. The number of piperidine rings is 1. The highest BCUT2D eigenvalue weighted by Crippen LogP contribution is 2.32. The lowest BCUT2D eigenvalue weighted by Crippen LogP contribution is -2.42. The number of nitrogens with one attached hydrogen (secondary N) is 1. The van der Waals surface area contributed by atoms with Crippen LogP contribution in [0.1, 0.15) is 31.7 Å². The lowest BCUT2D eigenvalue weighted by atomic mass is 10.0. The molecular formula is C16H24N2O2. The molecule has 4 nitrogen and oxygen atoms in total. The fourth-order valence-corrected chi connectivity index (χ4v) is 2.99. The molecule has 0 amide bonds. The summed E-state index contributed by atoms with van der Waals surface area (Å²) in [5, 5.41) is 3.67. The molecule has 3 rings (SSSR count). The molecule has 1 aromatic rings. The second-order valence-electron chi connectivity index (χ2n) is 5.68. The first-order valence-electron chi connectivity index (χ1n) is 7.69. The molecule has 0 aliphatic carbocycles. The average molecular weight is 276 g/mol. The SMILES string of the molecule is CCCN1CCC(NCc2ccc3c(c2)OCO3)CC1. The highest BCUT2D eigenvalue weighted by atomic mass is 16.7. The monoisotopic (exact) mass is 276 g/mol. The minimum absolute atomic E-state index is 0.349. The molecule has 110 valence electrons. The Morgan fingerprint density at radius 1 is 1.20 bits per heavy atom. The molecule has 0 spiro atoms. The maximum absolute atomic E-state index is 5.42. The summed E-state index contributed by atoms with van der Waals surface area (Å²) in [6.07, 6.45) is 3.77. The van der Waals surface area contributed by atoms with Crippen LogP contribution in [0.4, 0.5) is 0 Å². The molecule has 0 radical (unpaired) electrons. The Morgan fingerprint density at radius 2 is 2.00 bits per heavy atom. The summed E-state index contributed by atoms with van der Waals surface area (Å²) in [7, 11) is 0. The molecule has 0 atom stereocenters. The van der Waals surface area contributed by atoms with E-state index in [9.17, 15) is 0 Å². The molecule has 2 aliphatic rings. The number of likely N-dealkylation sites (tertiary alicyclic amines) is 1. The van der Waals surface area contributed by atoms with Crippen molar-refractivity contribution in [2.45, 2.75) is 38.8 Å². The van der Waals surface area contributed by atoms with Crippen LogP contribution in [0.25, 0.3) is 0 Å². The third-order valence-corrected chi connectivity index (χ3v) is 4.16. The fourth-order valence-electron chi connectivity index (χ4n) is 2.99. The normalized spacial score (nSPS) is 19.4. The molecule has 1 saturated heterocycles. The molecular weight excluding hydrogens is 252 g/mol. The quantitative estimate of drug-likeness (QED) is 0.895. The zero-order chi connectivity index (χ0) is 13.8. The highest BCUT2D eigenvalue weighted by molar-refractivity contribution is 5.44. The van der Waals surface area contributed by atoms with Gasteiger partial charge in [0, 0.05) is 12.6 Å². The van der Waals surface area contributed by atoms with Crippen LogP contribution in [0, 0.1) is 0 Å². The number of hydrogen-bond acceptors (Lipinski definition) is 4. The predicted octanol–water partition coefficient (Wildman–Crippen LogP) is 2.38. The average Bonchev–Trinajstić information content (AvgIpc) is 2.94. The van der Waals surface area contributed by atoms with E-state index in [-0.39, 0.29) is 0 Å². The van der Waals surface area contributed by atoms with Gasteiger partial charge in [0.2, 0.25) is 6.79 Å². The molecule has 1 fully saturated rings. The van der Waals surface area contributed by atoms with Gasteiger partial charge in [-0.3, -0.25) is 0 Å². The van der Waals surface area contributed by atoms with Crippen LogP contribution in [0.15, 0.2) is 18.2 Å². The van der Waals surface area contributed by atoms with Gasteiger partial charge in [-0.15, -0.1) is 0 Å². The van der Waals surface area contributed by atoms with Crippen LogP contribution < -0.4 is 14.8 Å². The van der Waals surface area contributed by atoms with E-state index in [0.717, 1.165) is 18.0 Å².